The van der Waals surface area contributed by atoms with E-state index in [0.717, 1.165) is 44.9 Å². The molecule has 8 nitrogen and oxygen atoms in total. The maximum atomic E-state index is 12.7. The number of phosphoric acid groups is 1. The van der Waals surface area contributed by atoms with Gasteiger partial charge in [-0.05, 0) is 77.0 Å². The Kier molecular flexibility index (Phi) is 53.1. The van der Waals surface area contributed by atoms with Gasteiger partial charge in [0.25, 0.3) is 0 Å². The molecule has 0 fully saturated rings. The number of unbranched alkanes of at least 4 members (excludes halogenated alkanes) is 33. The molecule has 0 rings (SSSR count). The monoisotopic (exact) mass is 950 g/mol. The van der Waals surface area contributed by atoms with E-state index in [4.69, 9.17) is 24.3 Å². The van der Waals surface area contributed by atoms with E-state index in [1.54, 1.807) is 0 Å². The third-order valence-electron chi connectivity index (χ3n) is 12.2. The highest BCUT2D eigenvalue weighted by Gasteiger charge is 2.25. The van der Waals surface area contributed by atoms with E-state index in [0.29, 0.717) is 13.0 Å². The zero-order chi connectivity index (χ0) is 48.0. The minimum Gasteiger partial charge on any atom is -0.457 e. The highest BCUT2D eigenvalue weighted by molar-refractivity contribution is 7.47. The Bertz CT molecular complexity index is 1160. The number of hydrogen-bond acceptors (Lipinski definition) is 7. The van der Waals surface area contributed by atoms with Gasteiger partial charge in [-0.15, -0.1) is 0 Å². The third-order valence-corrected chi connectivity index (χ3v) is 13.2. The lowest BCUT2D eigenvalue weighted by molar-refractivity contribution is -0.154. The molecule has 0 heterocycles. The van der Waals surface area contributed by atoms with Gasteiger partial charge in [0.15, 0.2) is 0 Å². The fourth-order valence-electron chi connectivity index (χ4n) is 8.06. The topological polar surface area (TPSA) is 117 Å². The summed E-state index contributed by atoms with van der Waals surface area (Å²) in [6, 6.07) is 0. The molecule has 388 valence electrons. The van der Waals surface area contributed by atoms with Gasteiger partial charge in [0.1, 0.15) is 6.10 Å². The van der Waals surface area contributed by atoms with Gasteiger partial charge in [-0.25, -0.2) is 4.57 Å². The first-order valence-electron chi connectivity index (χ1n) is 28.1. The third kappa shape index (κ3) is 53.4. The van der Waals surface area contributed by atoms with E-state index < -0.39 is 13.9 Å². The summed E-state index contributed by atoms with van der Waals surface area (Å²) < 4.78 is 33.7. The first-order chi connectivity index (χ1) is 32.4. The maximum Gasteiger partial charge on any atom is 0.472 e. The number of carbonyl (C=O) groups is 1. The van der Waals surface area contributed by atoms with Crippen molar-refractivity contribution in [1.29, 1.82) is 0 Å². The molecule has 0 radical (unpaired) electrons. The summed E-state index contributed by atoms with van der Waals surface area (Å²) in [5.41, 5.74) is 5.40. The maximum absolute atomic E-state index is 12.7. The molecule has 0 bridgehead atoms. The molecule has 0 aromatic carbocycles. The lowest BCUT2D eigenvalue weighted by Crippen LogP contribution is -2.28. The van der Waals surface area contributed by atoms with Crippen molar-refractivity contribution in [2.75, 3.05) is 33.0 Å². The van der Waals surface area contributed by atoms with Crippen molar-refractivity contribution in [1.82, 2.24) is 0 Å². The van der Waals surface area contributed by atoms with Crippen LogP contribution in [-0.4, -0.2) is 49.9 Å². The molecule has 2 unspecified atom stereocenters. The Hall–Kier alpha value is -1.54. The van der Waals surface area contributed by atoms with Crippen molar-refractivity contribution in [3.8, 4) is 0 Å². The van der Waals surface area contributed by atoms with Gasteiger partial charge in [-0.1, -0.05) is 236 Å². The van der Waals surface area contributed by atoms with Crippen LogP contribution in [0.3, 0.4) is 0 Å². The Morgan fingerprint density at radius 3 is 1.21 bits per heavy atom. The Morgan fingerprint density at radius 2 is 0.803 bits per heavy atom. The standard InChI is InChI=1S/C57H108NO7P/c1-3-5-7-9-11-13-15-17-19-21-23-25-26-27-28-29-31-33-35-37-39-41-43-45-47-49-52-62-54-56(55-64-66(60,61)63-53-51-58)65-57(59)50-48-46-44-42-40-38-36-34-32-30-24-22-20-18-16-14-12-10-8-6-4-2/h15,17,21-24,26-27,56H,3-14,16,18-20,25,28-55,58H2,1-2H3,(H,60,61)/b17-15-,23-21-,24-22-,27-26-. The molecule has 0 aliphatic carbocycles. The van der Waals surface area contributed by atoms with E-state index >= 15 is 0 Å². The second kappa shape index (κ2) is 54.4. The summed E-state index contributed by atoms with van der Waals surface area (Å²) in [5, 5.41) is 0. The van der Waals surface area contributed by atoms with Gasteiger partial charge in [-0.3, -0.25) is 13.8 Å². The number of phosphoric ester groups is 1. The fourth-order valence-corrected chi connectivity index (χ4v) is 8.83. The molecule has 0 aromatic heterocycles. The van der Waals surface area contributed by atoms with Gasteiger partial charge in [0.05, 0.1) is 19.8 Å². The van der Waals surface area contributed by atoms with Gasteiger partial charge >= 0.3 is 13.8 Å². The molecule has 0 aliphatic rings. The van der Waals surface area contributed by atoms with E-state index in [2.05, 4.69) is 62.5 Å². The lowest BCUT2D eigenvalue weighted by Gasteiger charge is -2.20. The first kappa shape index (κ1) is 64.5. The molecule has 2 atom stereocenters. The minimum atomic E-state index is -4.29. The van der Waals surface area contributed by atoms with Crippen LogP contribution in [0.5, 0.6) is 0 Å². The van der Waals surface area contributed by atoms with Crippen LogP contribution < -0.4 is 5.73 Å². The number of carbonyl (C=O) groups excluding carboxylic acids is 1. The lowest BCUT2D eigenvalue weighted by atomic mass is 10.1. The molecular formula is C57H108NO7P. The van der Waals surface area contributed by atoms with Gasteiger partial charge < -0.3 is 20.1 Å². The van der Waals surface area contributed by atoms with Crippen LogP contribution in [0.25, 0.3) is 0 Å². The van der Waals surface area contributed by atoms with E-state index in [-0.39, 0.29) is 32.3 Å². The molecule has 0 saturated heterocycles. The van der Waals surface area contributed by atoms with Crippen LogP contribution in [0.4, 0.5) is 0 Å². The average molecular weight is 950 g/mol. The predicted octanol–water partition coefficient (Wildman–Crippen LogP) is 17.9. The van der Waals surface area contributed by atoms with Crippen LogP contribution in [0.2, 0.25) is 0 Å². The number of nitrogens with two attached hydrogens (primary N) is 1. The Labute approximate surface area is 409 Å². The zero-order valence-electron chi connectivity index (χ0n) is 43.4. The summed E-state index contributed by atoms with van der Waals surface area (Å²) >= 11 is 0. The molecule has 9 heteroatoms. The largest absolute Gasteiger partial charge is 0.472 e. The number of allylic oxidation sites excluding steroid dienone is 8. The molecule has 66 heavy (non-hydrogen) atoms. The second-order valence-corrected chi connectivity index (χ2v) is 20.2. The average Bonchev–Trinajstić information content (AvgIpc) is 3.31. The SMILES string of the molecule is CCCCCCC/C=C\C/C=C\C/C=C\CCCCCCCCCCCCCOCC(COP(=O)(O)OCCN)OC(=O)CCCCCCCCCCC/C=C\CCCCCCCCCC. The summed E-state index contributed by atoms with van der Waals surface area (Å²) in [4.78, 5) is 22.6. The normalized spacial score (nSPS) is 13.6. The number of ether oxygens (including phenoxy) is 2. The highest BCUT2D eigenvalue weighted by Crippen LogP contribution is 2.43. The number of esters is 1. The molecule has 0 saturated carbocycles. The molecule has 0 aliphatic heterocycles. The van der Waals surface area contributed by atoms with Gasteiger partial charge in [0.2, 0.25) is 0 Å². The van der Waals surface area contributed by atoms with Gasteiger partial charge in [0, 0.05) is 19.6 Å². The molecule has 0 aromatic rings. The Morgan fingerprint density at radius 1 is 0.455 bits per heavy atom. The van der Waals surface area contributed by atoms with E-state index in [1.165, 1.54) is 205 Å². The van der Waals surface area contributed by atoms with E-state index in [9.17, 15) is 14.3 Å². The number of rotatable bonds is 54. The smallest absolute Gasteiger partial charge is 0.457 e. The first-order valence-corrected chi connectivity index (χ1v) is 29.6. The summed E-state index contributed by atoms with van der Waals surface area (Å²) in [5.74, 6) is -0.330. The van der Waals surface area contributed by atoms with Crippen molar-refractivity contribution < 1.29 is 32.8 Å². The Balaban J connectivity index is 3.90. The van der Waals surface area contributed by atoms with Crippen LogP contribution in [0.1, 0.15) is 271 Å². The quantitative estimate of drug-likeness (QED) is 0.0268. The fraction of sp³-hybridized carbons (Fsp3) is 0.842. The summed E-state index contributed by atoms with van der Waals surface area (Å²) in [7, 11) is -4.29. The van der Waals surface area contributed by atoms with Crippen LogP contribution in [-0.2, 0) is 27.9 Å². The predicted molar refractivity (Wildman–Crippen MR) is 284 cm³/mol. The molecule has 3 N–H and O–H groups in total. The van der Waals surface area contributed by atoms with Crippen molar-refractivity contribution in [3.63, 3.8) is 0 Å². The second-order valence-electron chi connectivity index (χ2n) is 18.8. The molecule has 0 spiro atoms. The van der Waals surface area contributed by atoms with Crippen molar-refractivity contribution in [3.05, 3.63) is 48.6 Å². The molecule has 0 amide bonds. The minimum absolute atomic E-state index is 0.0966. The summed E-state index contributed by atoms with van der Waals surface area (Å²) in [6.45, 7) is 4.94. The van der Waals surface area contributed by atoms with Crippen LogP contribution in [0, 0.1) is 0 Å². The molecular weight excluding hydrogens is 842 g/mol. The van der Waals surface area contributed by atoms with Crippen molar-refractivity contribution >= 4 is 13.8 Å². The van der Waals surface area contributed by atoms with Crippen molar-refractivity contribution in [2.45, 2.75) is 277 Å². The van der Waals surface area contributed by atoms with Crippen molar-refractivity contribution in [2.24, 2.45) is 5.73 Å². The van der Waals surface area contributed by atoms with Gasteiger partial charge in [-0.2, -0.15) is 0 Å². The highest BCUT2D eigenvalue weighted by atomic mass is 31.2. The van der Waals surface area contributed by atoms with Crippen LogP contribution in [0.15, 0.2) is 48.6 Å². The zero-order valence-corrected chi connectivity index (χ0v) is 44.3. The van der Waals surface area contributed by atoms with Crippen LogP contribution >= 0.6 is 7.82 Å². The number of hydrogen-bond donors (Lipinski definition) is 2. The summed E-state index contributed by atoms with van der Waals surface area (Å²) in [6.07, 6.45) is 67.3. The van der Waals surface area contributed by atoms with E-state index in [1.807, 2.05) is 0 Å².